The van der Waals surface area contributed by atoms with Crippen molar-refractivity contribution < 1.29 is 13.3 Å². The minimum absolute atomic E-state index is 0.332. The van der Waals surface area contributed by atoms with Gasteiger partial charge in [-0.25, -0.2) is 0 Å². The Morgan fingerprint density at radius 2 is 1.44 bits per heavy atom. The lowest BCUT2D eigenvalue weighted by molar-refractivity contribution is 0.0806. The summed E-state index contributed by atoms with van der Waals surface area (Å²) in [6.45, 7) is 9.79. The quantitative estimate of drug-likeness (QED) is 0.632. The normalized spacial score (nSPS) is 16.8. The number of allylic oxidation sites excluding steroid dienone is 6. The fraction of sp³-hybridized carbons (Fsp3) is 0.571. The van der Waals surface area contributed by atoms with Crippen molar-refractivity contribution in [1.82, 2.24) is 0 Å². The second-order valence-electron chi connectivity index (χ2n) is 4.05. The zero-order valence-corrected chi connectivity index (χ0v) is 12.8. The lowest BCUT2D eigenvalue weighted by Gasteiger charge is -2.29. The fourth-order valence-corrected chi connectivity index (χ4v) is 4.46. The lowest BCUT2D eigenvalue weighted by atomic mass is 10.1. The molecule has 0 spiro atoms. The molecule has 0 unspecified atom stereocenters. The van der Waals surface area contributed by atoms with Crippen molar-refractivity contribution in [3.63, 3.8) is 0 Å². The van der Waals surface area contributed by atoms with E-state index in [1.54, 1.807) is 0 Å². The summed E-state index contributed by atoms with van der Waals surface area (Å²) in [4.78, 5) is 0. The highest BCUT2D eigenvalue weighted by molar-refractivity contribution is 6.68. The highest BCUT2D eigenvalue weighted by Crippen LogP contribution is 2.23. The van der Waals surface area contributed by atoms with E-state index in [9.17, 15) is 0 Å². The van der Waals surface area contributed by atoms with Gasteiger partial charge < -0.3 is 13.3 Å². The zero-order valence-electron chi connectivity index (χ0n) is 11.8. The summed E-state index contributed by atoms with van der Waals surface area (Å²) in [6.07, 6.45) is 10.6. The summed E-state index contributed by atoms with van der Waals surface area (Å²) in [5.41, 5.74) is 0. The Labute approximate surface area is 112 Å². The standard InChI is InChI=1S/C14H24O3Si/c1-5-15-18(16-6-2,17-7-3)13(4)12-14-10-8-9-11-14/h8-12,14H,5-7H2,1-4H3/b13-12+. The van der Waals surface area contributed by atoms with Gasteiger partial charge in [0.25, 0.3) is 0 Å². The molecule has 4 heteroatoms. The van der Waals surface area contributed by atoms with Crippen LogP contribution in [0.15, 0.2) is 35.6 Å². The SMILES string of the molecule is CCO[Si](OCC)(OCC)/C(C)=C/C1C=CC=C1. The Morgan fingerprint density at radius 3 is 1.83 bits per heavy atom. The summed E-state index contributed by atoms with van der Waals surface area (Å²) in [6, 6.07) is 0. The maximum atomic E-state index is 5.86. The largest absolute Gasteiger partial charge is 0.532 e. The van der Waals surface area contributed by atoms with E-state index in [0.717, 1.165) is 5.20 Å². The van der Waals surface area contributed by atoms with Gasteiger partial charge in [0.1, 0.15) is 0 Å². The first kappa shape index (κ1) is 15.4. The smallest absolute Gasteiger partial charge is 0.371 e. The number of hydrogen-bond acceptors (Lipinski definition) is 3. The van der Waals surface area contributed by atoms with Gasteiger partial charge in [-0.3, -0.25) is 0 Å². The van der Waals surface area contributed by atoms with Crippen LogP contribution in [0.3, 0.4) is 0 Å². The number of rotatable bonds is 8. The minimum Gasteiger partial charge on any atom is -0.371 e. The molecule has 0 atom stereocenters. The third-order valence-corrected chi connectivity index (χ3v) is 5.85. The second-order valence-corrected chi connectivity index (χ2v) is 6.82. The molecule has 102 valence electrons. The molecule has 0 bridgehead atoms. The van der Waals surface area contributed by atoms with Crippen molar-refractivity contribution in [2.75, 3.05) is 19.8 Å². The third kappa shape index (κ3) is 3.92. The van der Waals surface area contributed by atoms with E-state index in [1.165, 1.54) is 0 Å². The first-order chi connectivity index (χ1) is 8.68. The van der Waals surface area contributed by atoms with Crippen molar-refractivity contribution in [3.05, 3.63) is 35.6 Å². The average molecular weight is 268 g/mol. The molecular formula is C14H24O3Si. The molecular weight excluding hydrogens is 244 g/mol. The zero-order chi connectivity index (χ0) is 13.4. The van der Waals surface area contributed by atoms with Crippen LogP contribution < -0.4 is 0 Å². The average Bonchev–Trinajstić information content (AvgIpc) is 2.82. The van der Waals surface area contributed by atoms with Crippen molar-refractivity contribution in [1.29, 1.82) is 0 Å². The first-order valence-electron chi connectivity index (χ1n) is 6.64. The molecule has 0 amide bonds. The van der Waals surface area contributed by atoms with Crippen molar-refractivity contribution in [2.45, 2.75) is 27.7 Å². The first-order valence-corrected chi connectivity index (χ1v) is 8.36. The molecule has 18 heavy (non-hydrogen) atoms. The topological polar surface area (TPSA) is 27.7 Å². The molecule has 1 aliphatic carbocycles. The summed E-state index contributed by atoms with van der Waals surface area (Å²) in [5, 5.41) is 1.09. The molecule has 0 aromatic carbocycles. The van der Waals surface area contributed by atoms with Crippen molar-refractivity contribution in [3.8, 4) is 0 Å². The molecule has 0 heterocycles. The van der Waals surface area contributed by atoms with E-state index in [4.69, 9.17) is 13.3 Å². The number of hydrogen-bond donors (Lipinski definition) is 0. The van der Waals surface area contributed by atoms with Crippen LogP contribution in [-0.4, -0.2) is 28.6 Å². The monoisotopic (exact) mass is 268 g/mol. The van der Waals surface area contributed by atoms with Crippen molar-refractivity contribution >= 4 is 8.80 Å². The van der Waals surface area contributed by atoms with Gasteiger partial charge in [0.05, 0.1) is 0 Å². The Balaban J connectivity index is 2.90. The lowest BCUT2D eigenvalue weighted by Crippen LogP contribution is -2.47. The van der Waals surface area contributed by atoms with E-state index in [-0.39, 0.29) is 0 Å². The van der Waals surface area contributed by atoms with Crippen LogP contribution in [0.25, 0.3) is 0 Å². The van der Waals surface area contributed by atoms with Crippen LogP contribution in [0, 0.1) is 5.92 Å². The van der Waals surface area contributed by atoms with E-state index in [0.29, 0.717) is 25.7 Å². The maximum absolute atomic E-state index is 5.86. The van der Waals surface area contributed by atoms with Gasteiger partial charge in [-0.1, -0.05) is 30.4 Å². The van der Waals surface area contributed by atoms with E-state index in [1.807, 2.05) is 27.7 Å². The van der Waals surface area contributed by atoms with Gasteiger partial charge in [-0.2, -0.15) is 0 Å². The predicted octanol–water partition coefficient (Wildman–Crippen LogP) is 3.26. The fourth-order valence-electron chi connectivity index (χ4n) is 1.99. The molecule has 0 aromatic heterocycles. The van der Waals surface area contributed by atoms with Crippen LogP contribution >= 0.6 is 0 Å². The van der Waals surface area contributed by atoms with Gasteiger partial charge in [0.15, 0.2) is 0 Å². The van der Waals surface area contributed by atoms with Crippen LogP contribution in [0.2, 0.25) is 0 Å². The van der Waals surface area contributed by atoms with E-state index in [2.05, 4.69) is 30.4 Å². The van der Waals surface area contributed by atoms with Crippen LogP contribution in [0.5, 0.6) is 0 Å². The Morgan fingerprint density at radius 1 is 1.00 bits per heavy atom. The van der Waals surface area contributed by atoms with Crippen molar-refractivity contribution in [2.24, 2.45) is 5.92 Å². The molecule has 1 aliphatic rings. The van der Waals surface area contributed by atoms with Gasteiger partial charge in [0.2, 0.25) is 0 Å². The summed E-state index contributed by atoms with van der Waals surface area (Å²) < 4.78 is 17.6. The Hall–Kier alpha value is -0.683. The van der Waals surface area contributed by atoms with Gasteiger partial charge in [0, 0.05) is 25.7 Å². The second kappa shape index (κ2) is 7.69. The van der Waals surface area contributed by atoms with E-state index >= 15 is 0 Å². The van der Waals surface area contributed by atoms with Gasteiger partial charge >= 0.3 is 8.80 Å². The predicted molar refractivity (Wildman–Crippen MR) is 76.2 cm³/mol. The van der Waals surface area contributed by atoms with E-state index < -0.39 is 8.80 Å². The molecule has 0 fully saturated rings. The van der Waals surface area contributed by atoms with Gasteiger partial charge in [-0.15, -0.1) is 0 Å². The molecule has 3 nitrogen and oxygen atoms in total. The molecule has 0 N–H and O–H groups in total. The molecule has 0 aliphatic heterocycles. The van der Waals surface area contributed by atoms with Gasteiger partial charge in [-0.05, 0) is 32.9 Å². The van der Waals surface area contributed by atoms with Crippen LogP contribution in [0.4, 0.5) is 0 Å². The molecule has 0 saturated carbocycles. The highest BCUT2D eigenvalue weighted by atomic mass is 28.4. The summed E-state index contributed by atoms with van der Waals surface area (Å²) >= 11 is 0. The van der Waals surface area contributed by atoms with Crippen LogP contribution in [0.1, 0.15) is 27.7 Å². The maximum Gasteiger partial charge on any atom is 0.532 e. The molecule has 1 rings (SSSR count). The molecule has 0 radical (unpaired) electrons. The minimum atomic E-state index is -2.67. The molecule has 0 aromatic rings. The van der Waals surface area contributed by atoms with Crippen LogP contribution in [-0.2, 0) is 13.3 Å². The Kier molecular flexibility index (Phi) is 6.57. The summed E-state index contributed by atoms with van der Waals surface area (Å²) in [5.74, 6) is 0.332. The molecule has 0 saturated heterocycles. The third-order valence-electron chi connectivity index (χ3n) is 2.71. The highest BCUT2D eigenvalue weighted by Gasteiger charge is 2.43. The Bertz CT molecular complexity index is 305. The summed E-state index contributed by atoms with van der Waals surface area (Å²) in [7, 11) is -2.67.